The van der Waals surface area contributed by atoms with Gasteiger partial charge in [0.05, 0.1) is 12.2 Å². The number of furan rings is 1. The molecule has 118 valence electrons. The Hall–Kier alpha value is -2.15. The van der Waals surface area contributed by atoms with E-state index in [4.69, 9.17) is 4.42 Å². The van der Waals surface area contributed by atoms with Crippen LogP contribution in [-0.2, 0) is 16.9 Å². The summed E-state index contributed by atoms with van der Waals surface area (Å²) in [4.78, 5) is 11.9. The highest BCUT2D eigenvalue weighted by Gasteiger charge is 2.28. The Balaban J connectivity index is 1.52. The van der Waals surface area contributed by atoms with Crippen LogP contribution in [0.15, 0.2) is 22.7 Å². The fourth-order valence-electron chi connectivity index (χ4n) is 2.24. The van der Waals surface area contributed by atoms with Gasteiger partial charge in [0.1, 0.15) is 23.7 Å². The minimum absolute atomic E-state index is 0.0724. The molecule has 3 rings (SSSR count). The lowest BCUT2D eigenvalue weighted by atomic mass is 10.0. The Morgan fingerprint density at radius 3 is 2.95 bits per heavy atom. The number of rotatable bonds is 6. The van der Waals surface area contributed by atoms with Crippen LogP contribution in [0, 0.1) is 6.92 Å². The van der Waals surface area contributed by atoms with Crippen molar-refractivity contribution in [2.45, 2.75) is 44.8 Å². The van der Waals surface area contributed by atoms with E-state index < -0.39 is 5.60 Å². The van der Waals surface area contributed by atoms with Crippen LogP contribution in [0.1, 0.15) is 42.9 Å². The predicted molar refractivity (Wildman–Crippen MR) is 78.0 cm³/mol. The van der Waals surface area contributed by atoms with Gasteiger partial charge in [-0.1, -0.05) is 5.21 Å². The van der Waals surface area contributed by atoms with E-state index >= 15 is 0 Å². The third-order valence-corrected chi connectivity index (χ3v) is 3.76. The highest BCUT2D eigenvalue weighted by atomic mass is 16.4. The van der Waals surface area contributed by atoms with E-state index in [-0.39, 0.29) is 19.0 Å². The van der Waals surface area contributed by atoms with Gasteiger partial charge in [-0.15, -0.1) is 5.10 Å². The summed E-state index contributed by atoms with van der Waals surface area (Å²) in [5, 5.41) is 21.1. The molecule has 1 aliphatic carbocycles. The number of amides is 1. The molecule has 1 atom stereocenters. The van der Waals surface area contributed by atoms with Gasteiger partial charge in [0.25, 0.3) is 0 Å². The highest BCUT2D eigenvalue weighted by Crippen LogP contribution is 2.38. The molecule has 1 saturated carbocycles. The second-order valence-corrected chi connectivity index (χ2v) is 6.08. The van der Waals surface area contributed by atoms with E-state index in [2.05, 4.69) is 15.6 Å². The molecule has 0 aromatic carbocycles. The van der Waals surface area contributed by atoms with E-state index in [1.807, 2.05) is 6.20 Å². The zero-order valence-electron chi connectivity index (χ0n) is 12.7. The van der Waals surface area contributed by atoms with Crippen LogP contribution in [0.2, 0.25) is 0 Å². The normalized spacial score (nSPS) is 17.2. The van der Waals surface area contributed by atoms with E-state index in [0.717, 1.165) is 24.3 Å². The smallest absolute Gasteiger partial charge is 0.241 e. The van der Waals surface area contributed by atoms with Crippen molar-refractivity contribution in [3.05, 3.63) is 35.5 Å². The average Bonchev–Trinajstić information content (AvgIpc) is 3.05. The second-order valence-electron chi connectivity index (χ2n) is 6.08. The number of aromatic nitrogens is 3. The first-order valence-corrected chi connectivity index (χ1v) is 7.40. The van der Waals surface area contributed by atoms with Gasteiger partial charge in [0.2, 0.25) is 5.91 Å². The summed E-state index contributed by atoms with van der Waals surface area (Å²) < 4.78 is 6.93. The molecule has 22 heavy (non-hydrogen) atoms. The lowest BCUT2D eigenvalue weighted by Gasteiger charge is -2.21. The fraction of sp³-hybridized carbons (Fsp3) is 0.533. The molecular weight excluding hydrogens is 284 g/mol. The SMILES string of the molecule is Cc1ccc(C(C)(O)CNC(=O)Cn2cc(C3CC3)nn2)o1. The van der Waals surface area contributed by atoms with Crippen molar-refractivity contribution in [3.63, 3.8) is 0 Å². The van der Waals surface area contributed by atoms with E-state index in [0.29, 0.717) is 11.7 Å². The molecule has 1 unspecified atom stereocenters. The van der Waals surface area contributed by atoms with E-state index in [1.54, 1.807) is 26.0 Å². The van der Waals surface area contributed by atoms with Crippen LogP contribution in [0.5, 0.6) is 0 Å². The van der Waals surface area contributed by atoms with Crippen molar-refractivity contribution < 1.29 is 14.3 Å². The van der Waals surface area contributed by atoms with Gasteiger partial charge >= 0.3 is 0 Å². The second kappa shape index (κ2) is 5.57. The lowest BCUT2D eigenvalue weighted by Crippen LogP contribution is -2.39. The number of carbonyl (C=O) groups excluding carboxylic acids is 1. The Labute approximate surface area is 128 Å². The third kappa shape index (κ3) is 3.36. The molecule has 2 aromatic rings. The Kier molecular flexibility index (Phi) is 3.74. The van der Waals surface area contributed by atoms with Crippen molar-refractivity contribution >= 4 is 5.91 Å². The quantitative estimate of drug-likeness (QED) is 0.833. The molecule has 0 saturated heterocycles. The summed E-state index contributed by atoms with van der Waals surface area (Å²) in [5.41, 5.74) is -0.295. The number of hydrogen-bond donors (Lipinski definition) is 2. The molecule has 1 aliphatic rings. The molecule has 0 bridgehead atoms. The molecule has 7 heteroatoms. The van der Waals surface area contributed by atoms with Crippen LogP contribution in [0.4, 0.5) is 0 Å². The van der Waals surface area contributed by atoms with Crippen LogP contribution < -0.4 is 5.32 Å². The Morgan fingerprint density at radius 2 is 2.32 bits per heavy atom. The average molecular weight is 304 g/mol. The Bertz CT molecular complexity index is 670. The van der Waals surface area contributed by atoms with Gasteiger partial charge in [-0.2, -0.15) is 0 Å². The third-order valence-electron chi connectivity index (χ3n) is 3.76. The maximum Gasteiger partial charge on any atom is 0.241 e. The topological polar surface area (TPSA) is 93.2 Å². The van der Waals surface area contributed by atoms with Crippen LogP contribution in [0.3, 0.4) is 0 Å². The van der Waals surface area contributed by atoms with E-state index in [1.165, 1.54) is 4.68 Å². The first-order chi connectivity index (χ1) is 10.4. The standard InChI is InChI=1S/C15H20N4O3/c1-10-3-6-13(22-10)15(2,21)9-16-14(20)8-19-7-12(17-18-19)11-4-5-11/h3,6-7,11,21H,4-5,8-9H2,1-2H3,(H,16,20). The van der Waals surface area contributed by atoms with Gasteiger partial charge in [0, 0.05) is 12.1 Å². The van der Waals surface area contributed by atoms with Crippen molar-refractivity contribution in [1.29, 1.82) is 0 Å². The molecule has 2 N–H and O–H groups in total. The van der Waals surface area contributed by atoms with Crippen LogP contribution in [-0.4, -0.2) is 32.6 Å². The van der Waals surface area contributed by atoms with Gasteiger partial charge in [-0.25, -0.2) is 4.68 Å². The van der Waals surface area contributed by atoms with Gasteiger partial charge in [-0.3, -0.25) is 4.79 Å². The zero-order valence-corrected chi connectivity index (χ0v) is 12.7. The summed E-state index contributed by atoms with van der Waals surface area (Å²) in [6.07, 6.45) is 4.11. The van der Waals surface area contributed by atoms with Crippen molar-refractivity contribution in [2.75, 3.05) is 6.54 Å². The van der Waals surface area contributed by atoms with E-state index in [9.17, 15) is 9.90 Å². The summed E-state index contributed by atoms with van der Waals surface area (Å²) in [6.45, 7) is 3.57. The lowest BCUT2D eigenvalue weighted by molar-refractivity contribution is -0.123. The molecule has 2 heterocycles. The predicted octanol–water partition coefficient (Wildman–Crippen LogP) is 1.08. The molecular formula is C15H20N4O3. The number of hydrogen-bond acceptors (Lipinski definition) is 5. The molecule has 7 nitrogen and oxygen atoms in total. The number of nitrogens with one attached hydrogen (secondary N) is 1. The maximum absolute atomic E-state index is 11.9. The fourth-order valence-corrected chi connectivity index (χ4v) is 2.24. The largest absolute Gasteiger partial charge is 0.463 e. The number of aryl methyl sites for hydroxylation is 1. The van der Waals surface area contributed by atoms with Crippen LogP contribution in [0.25, 0.3) is 0 Å². The number of aliphatic hydroxyl groups is 1. The molecule has 0 spiro atoms. The summed E-state index contributed by atoms with van der Waals surface area (Å²) in [5.74, 6) is 1.44. The summed E-state index contributed by atoms with van der Waals surface area (Å²) in [7, 11) is 0. The number of nitrogens with zero attached hydrogens (tertiary/aromatic N) is 3. The van der Waals surface area contributed by atoms with Gasteiger partial charge in [-0.05, 0) is 38.8 Å². The molecule has 2 aromatic heterocycles. The van der Waals surface area contributed by atoms with Crippen LogP contribution >= 0.6 is 0 Å². The summed E-state index contributed by atoms with van der Waals surface area (Å²) >= 11 is 0. The first kappa shape index (κ1) is 14.8. The van der Waals surface area contributed by atoms with Gasteiger partial charge < -0.3 is 14.8 Å². The molecule has 0 aliphatic heterocycles. The molecule has 1 fully saturated rings. The minimum atomic E-state index is -1.24. The minimum Gasteiger partial charge on any atom is -0.463 e. The molecule has 0 radical (unpaired) electrons. The van der Waals surface area contributed by atoms with Crippen molar-refractivity contribution in [2.24, 2.45) is 0 Å². The number of carbonyl (C=O) groups is 1. The van der Waals surface area contributed by atoms with Crippen molar-refractivity contribution in [1.82, 2.24) is 20.3 Å². The monoisotopic (exact) mass is 304 g/mol. The summed E-state index contributed by atoms with van der Waals surface area (Å²) in [6, 6.07) is 3.49. The first-order valence-electron chi connectivity index (χ1n) is 7.40. The van der Waals surface area contributed by atoms with Crippen molar-refractivity contribution in [3.8, 4) is 0 Å². The highest BCUT2D eigenvalue weighted by molar-refractivity contribution is 5.75. The van der Waals surface area contributed by atoms with Gasteiger partial charge in [0.15, 0.2) is 0 Å². The maximum atomic E-state index is 11.9. The molecule has 1 amide bonds. The Morgan fingerprint density at radius 1 is 1.55 bits per heavy atom. The zero-order chi connectivity index (χ0) is 15.7.